The number of amides is 1. The highest BCUT2D eigenvalue weighted by atomic mass is 16.4. The molecule has 0 radical (unpaired) electrons. The molecule has 0 saturated heterocycles. The van der Waals surface area contributed by atoms with Gasteiger partial charge in [0, 0.05) is 18.8 Å². The minimum atomic E-state index is -0.798. The van der Waals surface area contributed by atoms with Crippen LogP contribution in [-0.2, 0) is 16.0 Å². The van der Waals surface area contributed by atoms with Crippen molar-refractivity contribution in [2.45, 2.75) is 19.3 Å². The molecule has 21 heavy (non-hydrogen) atoms. The normalized spacial score (nSPS) is 20.8. The van der Waals surface area contributed by atoms with Gasteiger partial charge in [-0.1, -0.05) is 18.2 Å². The number of nitrogens with zero attached hydrogens (tertiary/aromatic N) is 1. The zero-order chi connectivity index (χ0) is 14.8. The van der Waals surface area contributed by atoms with E-state index in [-0.39, 0.29) is 12.5 Å². The highest BCUT2D eigenvalue weighted by molar-refractivity contribution is 5.83. The molecule has 0 spiro atoms. The molecule has 1 saturated carbocycles. The van der Waals surface area contributed by atoms with Gasteiger partial charge in [-0.05, 0) is 36.8 Å². The van der Waals surface area contributed by atoms with E-state index in [4.69, 9.17) is 0 Å². The summed E-state index contributed by atoms with van der Waals surface area (Å²) in [4.78, 5) is 25.2. The van der Waals surface area contributed by atoms with Gasteiger partial charge in [-0.2, -0.15) is 0 Å². The van der Waals surface area contributed by atoms with Crippen LogP contribution in [0.4, 0.5) is 5.69 Å². The van der Waals surface area contributed by atoms with Crippen LogP contribution < -0.4 is 10.2 Å². The monoisotopic (exact) mass is 288 g/mol. The molecule has 1 aliphatic heterocycles. The van der Waals surface area contributed by atoms with E-state index >= 15 is 0 Å². The Bertz CT molecular complexity index is 554. The average molecular weight is 288 g/mol. The van der Waals surface area contributed by atoms with Crippen LogP contribution in [0.1, 0.15) is 18.4 Å². The summed E-state index contributed by atoms with van der Waals surface area (Å²) >= 11 is 0. The van der Waals surface area contributed by atoms with E-state index in [1.54, 1.807) is 0 Å². The summed E-state index contributed by atoms with van der Waals surface area (Å²) in [6, 6.07) is 7.74. The molecule has 1 amide bonds. The van der Waals surface area contributed by atoms with Crippen molar-refractivity contribution in [1.29, 1.82) is 0 Å². The minimum absolute atomic E-state index is 0.0252. The van der Waals surface area contributed by atoms with Crippen LogP contribution in [0, 0.1) is 11.8 Å². The first-order chi connectivity index (χ1) is 10.1. The van der Waals surface area contributed by atoms with E-state index in [0.717, 1.165) is 17.8 Å². The lowest BCUT2D eigenvalue weighted by Gasteiger charge is -2.34. The Kier molecular flexibility index (Phi) is 3.82. The maximum absolute atomic E-state index is 12.0. The molecule has 2 N–H and O–H groups in total. The van der Waals surface area contributed by atoms with Gasteiger partial charge in [0.2, 0.25) is 5.91 Å². The number of carbonyl (C=O) groups excluding carboxylic acids is 1. The largest absolute Gasteiger partial charge is 0.481 e. The number of anilines is 1. The summed E-state index contributed by atoms with van der Waals surface area (Å²) < 4.78 is 0. The highest BCUT2D eigenvalue weighted by Gasteiger charge is 2.30. The molecule has 0 bridgehead atoms. The Labute approximate surface area is 123 Å². The number of aliphatic carboxylic acids is 1. The first-order valence-electron chi connectivity index (χ1n) is 7.46. The number of benzene rings is 1. The van der Waals surface area contributed by atoms with Gasteiger partial charge in [0.25, 0.3) is 0 Å². The third kappa shape index (κ3) is 3.35. The Balaban J connectivity index is 1.69. The maximum atomic E-state index is 12.0. The number of carboxylic acid groups (broad SMARTS) is 1. The number of rotatable bonds is 5. The van der Waals surface area contributed by atoms with E-state index in [2.05, 4.69) is 5.32 Å². The van der Waals surface area contributed by atoms with Crippen LogP contribution in [0.25, 0.3) is 0 Å². The number of para-hydroxylation sites is 1. The standard InChI is InChI=1S/C16H20N2O3/c19-15(17-8-11-5-6-11)10-18-9-13(16(20)21)7-12-3-1-2-4-14(12)18/h1-4,11,13H,5-10H2,(H,17,19)(H,20,21). The molecule has 5 heteroatoms. The lowest BCUT2D eigenvalue weighted by Crippen LogP contribution is -2.44. The maximum Gasteiger partial charge on any atom is 0.308 e. The molecular formula is C16H20N2O3. The van der Waals surface area contributed by atoms with E-state index in [9.17, 15) is 14.7 Å². The smallest absolute Gasteiger partial charge is 0.308 e. The topological polar surface area (TPSA) is 69.6 Å². The summed E-state index contributed by atoms with van der Waals surface area (Å²) in [7, 11) is 0. The molecule has 0 aromatic heterocycles. The third-order valence-corrected chi connectivity index (χ3v) is 4.21. The predicted octanol–water partition coefficient (Wildman–Crippen LogP) is 1.28. The van der Waals surface area contributed by atoms with Gasteiger partial charge in [0.1, 0.15) is 0 Å². The van der Waals surface area contributed by atoms with Crippen LogP contribution in [0.5, 0.6) is 0 Å². The van der Waals surface area contributed by atoms with Gasteiger partial charge < -0.3 is 15.3 Å². The number of hydrogen-bond acceptors (Lipinski definition) is 3. The molecule has 1 fully saturated rings. The summed E-state index contributed by atoms with van der Waals surface area (Å²) in [6.45, 7) is 1.37. The van der Waals surface area contributed by atoms with Crippen LogP contribution in [0.3, 0.4) is 0 Å². The van der Waals surface area contributed by atoms with Crippen LogP contribution in [-0.4, -0.2) is 36.6 Å². The molecule has 5 nitrogen and oxygen atoms in total. The van der Waals surface area contributed by atoms with Crippen molar-refractivity contribution in [3.8, 4) is 0 Å². The number of hydrogen-bond donors (Lipinski definition) is 2. The number of fused-ring (bicyclic) bond motifs is 1. The van der Waals surface area contributed by atoms with Crippen molar-refractivity contribution < 1.29 is 14.7 Å². The Morgan fingerprint density at radius 2 is 2.05 bits per heavy atom. The average Bonchev–Trinajstić information content (AvgIpc) is 3.29. The van der Waals surface area contributed by atoms with Gasteiger partial charge in [-0.3, -0.25) is 9.59 Å². The molecule has 112 valence electrons. The van der Waals surface area contributed by atoms with E-state index < -0.39 is 11.9 Å². The van der Waals surface area contributed by atoms with Crippen LogP contribution in [0.15, 0.2) is 24.3 Å². The van der Waals surface area contributed by atoms with E-state index in [1.807, 2.05) is 29.2 Å². The molecule has 1 heterocycles. The quantitative estimate of drug-likeness (QED) is 0.856. The lowest BCUT2D eigenvalue weighted by atomic mass is 9.92. The highest BCUT2D eigenvalue weighted by Crippen LogP contribution is 2.30. The molecule has 1 unspecified atom stereocenters. The molecule has 2 aliphatic rings. The van der Waals surface area contributed by atoms with Gasteiger partial charge in [-0.25, -0.2) is 0 Å². The molecule has 1 aliphatic carbocycles. The van der Waals surface area contributed by atoms with Gasteiger partial charge >= 0.3 is 5.97 Å². The first-order valence-corrected chi connectivity index (χ1v) is 7.46. The van der Waals surface area contributed by atoms with Gasteiger partial charge in [0.05, 0.1) is 12.5 Å². The van der Waals surface area contributed by atoms with Crippen molar-refractivity contribution in [2.24, 2.45) is 11.8 Å². The zero-order valence-electron chi connectivity index (χ0n) is 11.9. The number of carbonyl (C=O) groups is 2. The summed E-state index contributed by atoms with van der Waals surface area (Å²) in [5.74, 6) is -0.624. The lowest BCUT2D eigenvalue weighted by molar-refractivity contribution is -0.141. The Morgan fingerprint density at radius 1 is 1.29 bits per heavy atom. The Morgan fingerprint density at radius 3 is 2.76 bits per heavy atom. The minimum Gasteiger partial charge on any atom is -0.481 e. The summed E-state index contributed by atoms with van der Waals surface area (Å²) in [5.41, 5.74) is 1.99. The molecule has 1 aromatic carbocycles. The fourth-order valence-electron chi connectivity index (χ4n) is 2.81. The van der Waals surface area contributed by atoms with Crippen molar-refractivity contribution in [1.82, 2.24) is 5.32 Å². The van der Waals surface area contributed by atoms with Crippen molar-refractivity contribution in [3.63, 3.8) is 0 Å². The summed E-state index contributed by atoms with van der Waals surface area (Å²) in [6.07, 6.45) is 2.94. The SMILES string of the molecule is O=C(CN1CC(C(=O)O)Cc2ccccc21)NCC1CC1. The fourth-order valence-corrected chi connectivity index (χ4v) is 2.81. The van der Waals surface area contributed by atoms with Crippen LogP contribution >= 0.6 is 0 Å². The second kappa shape index (κ2) is 5.76. The van der Waals surface area contributed by atoms with Gasteiger partial charge in [-0.15, -0.1) is 0 Å². The summed E-state index contributed by atoms with van der Waals surface area (Å²) in [5, 5.41) is 12.2. The van der Waals surface area contributed by atoms with Crippen molar-refractivity contribution >= 4 is 17.6 Å². The van der Waals surface area contributed by atoms with Crippen molar-refractivity contribution in [3.05, 3.63) is 29.8 Å². The van der Waals surface area contributed by atoms with E-state index in [0.29, 0.717) is 18.9 Å². The van der Waals surface area contributed by atoms with Crippen molar-refractivity contribution in [2.75, 3.05) is 24.5 Å². The fraction of sp³-hybridized carbons (Fsp3) is 0.500. The van der Waals surface area contributed by atoms with Crippen LogP contribution in [0.2, 0.25) is 0 Å². The molecule has 1 aromatic rings. The zero-order valence-corrected chi connectivity index (χ0v) is 11.9. The first kappa shape index (κ1) is 13.9. The molecular weight excluding hydrogens is 268 g/mol. The van der Waals surface area contributed by atoms with Gasteiger partial charge in [0.15, 0.2) is 0 Å². The predicted molar refractivity (Wildman–Crippen MR) is 79.2 cm³/mol. The molecule has 1 atom stereocenters. The number of carboxylic acids is 1. The Hall–Kier alpha value is -2.04. The number of nitrogens with one attached hydrogen (secondary N) is 1. The third-order valence-electron chi connectivity index (χ3n) is 4.21. The molecule has 3 rings (SSSR count). The second-order valence-electron chi connectivity index (χ2n) is 6.00. The van der Waals surface area contributed by atoms with E-state index in [1.165, 1.54) is 12.8 Å². The second-order valence-corrected chi connectivity index (χ2v) is 6.00.